The number of hydrogen-bond acceptors (Lipinski definition) is 2. The molecule has 1 saturated heterocycles. The number of nitrogens with zero attached hydrogens (tertiary/aromatic N) is 2. The lowest BCUT2D eigenvalue weighted by atomic mass is 9.97. The molecule has 0 saturated carbocycles. The predicted octanol–water partition coefficient (Wildman–Crippen LogP) is 2.45. The first-order valence-electron chi connectivity index (χ1n) is 6.57. The van der Waals surface area contributed by atoms with Crippen LogP contribution in [0, 0.1) is 5.92 Å². The van der Waals surface area contributed by atoms with Crippen LogP contribution in [-0.4, -0.2) is 49.1 Å². The first kappa shape index (κ1) is 13.0. The summed E-state index contributed by atoms with van der Waals surface area (Å²) in [6, 6.07) is 0.761. The third kappa shape index (κ3) is 4.12. The largest absolute Gasteiger partial charge is 0.305 e. The summed E-state index contributed by atoms with van der Waals surface area (Å²) in [6.07, 6.45) is 4.02. The van der Waals surface area contributed by atoms with E-state index in [1.54, 1.807) is 0 Å². The van der Waals surface area contributed by atoms with E-state index in [-0.39, 0.29) is 0 Å². The fourth-order valence-electron chi connectivity index (χ4n) is 2.53. The van der Waals surface area contributed by atoms with E-state index in [2.05, 4.69) is 37.6 Å². The van der Waals surface area contributed by atoms with Crippen molar-refractivity contribution in [1.82, 2.24) is 9.80 Å². The van der Waals surface area contributed by atoms with E-state index in [4.69, 9.17) is 0 Å². The summed E-state index contributed by atoms with van der Waals surface area (Å²) in [4.78, 5) is 5.14. The second-order valence-corrected chi connectivity index (χ2v) is 5.20. The van der Waals surface area contributed by atoms with Gasteiger partial charge < -0.3 is 4.90 Å². The van der Waals surface area contributed by atoms with Gasteiger partial charge in [0, 0.05) is 19.1 Å². The molecule has 0 aromatic heterocycles. The fourth-order valence-corrected chi connectivity index (χ4v) is 2.53. The maximum Gasteiger partial charge on any atom is 0.0112 e. The maximum absolute atomic E-state index is 2.68. The van der Waals surface area contributed by atoms with Gasteiger partial charge in [0.1, 0.15) is 0 Å². The van der Waals surface area contributed by atoms with Crippen LogP contribution in [0.25, 0.3) is 0 Å². The zero-order valence-corrected chi connectivity index (χ0v) is 11.0. The molecule has 1 aliphatic rings. The molecule has 0 radical (unpaired) electrons. The average molecular weight is 212 g/mol. The number of rotatable bonds is 4. The Kier molecular flexibility index (Phi) is 5.62. The highest BCUT2D eigenvalue weighted by Crippen LogP contribution is 2.17. The first-order valence-corrected chi connectivity index (χ1v) is 6.57. The summed E-state index contributed by atoms with van der Waals surface area (Å²) in [5.74, 6) is 0.846. The molecule has 15 heavy (non-hydrogen) atoms. The summed E-state index contributed by atoms with van der Waals surface area (Å²) < 4.78 is 0. The zero-order chi connectivity index (χ0) is 11.3. The molecule has 0 aromatic carbocycles. The Morgan fingerprint density at radius 2 is 1.80 bits per heavy atom. The summed E-state index contributed by atoms with van der Waals surface area (Å²) >= 11 is 0. The van der Waals surface area contributed by atoms with Crippen LogP contribution in [0.3, 0.4) is 0 Å². The first-order chi connectivity index (χ1) is 7.15. The minimum atomic E-state index is 0.761. The molecule has 1 fully saturated rings. The van der Waals surface area contributed by atoms with Crippen LogP contribution in [0.2, 0.25) is 0 Å². The fraction of sp³-hybridized carbons (Fsp3) is 1.00. The third-order valence-electron chi connectivity index (χ3n) is 3.90. The van der Waals surface area contributed by atoms with Crippen LogP contribution in [0.1, 0.15) is 40.0 Å². The standard InChI is InChI=1S/C13H28N2/c1-5-7-12(2)13(3)15-9-6-8-14(4)10-11-15/h12-13H,5-11H2,1-4H3. The Labute approximate surface area is 95.6 Å². The highest BCUT2D eigenvalue weighted by molar-refractivity contribution is 4.76. The van der Waals surface area contributed by atoms with Gasteiger partial charge in [-0.05, 0) is 45.8 Å². The second-order valence-electron chi connectivity index (χ2n) is 5.20. The quantitative estimate of drug-likeness (QED) is 0.706. The molecular formula is C13H28N2. The van der Waals surface area contributed by atoms with E-state index in [1.165, 1.54) is 45.4 Å². The van der Waals surface area contributed by atoms with Gasteiger partial charge in [-0.15, -0.1) is 0 Å². The SMILES string of the molecule is CCCC(C)C(C)N1CCCN(C)CC1. The highest BCUT2D eigenvalue weighted by atomic mass is 15.2. The van der Waals surface area contributed by atoms with Crippen LogP contribution in [-0.2, 0) is 0 Å². The van der Waals surface area contributed by atoms with Gasteiger partial charge in [0.25, 0.3) is 0 Å². The molecule has 90 valence electrons. The van der Waals surface area contributed by atoms with Crippen molar-refractivity contribution in [2.75, 3.05) is 33.2 Å². The van der Waals surface area contributed by atoms with E-state index < -0.39 is 0 Å². The van der Waals surface area contributed by atoms with Crippen molar-refractivity contribution in [1.29, 1.82) is 0 Å². The Bertz CT molecular complexity index is 170. The lowest BCUT2D eigenvalue weighted by Gasteiger charge is -2.32. The highest BCUT2D eigenvalue weighted by Gasteiger charge is 2.21. The van der Waals surface area contributed by atoms with E-state index in [0.717, 1.165) is 12.0 Å². The summed E-state index contributed by atoms with van der Waals surface area (Å²) in [6.45, 7) is 12.2. The van der Waals surface area contributed by atoms with Crippen LogP contribution in [0.5, 0.6) is 0 Å². The van der Waals surface area contributed by atoms with E-state index in [1.807, 2.05) is 0 Å². The smallest absolute Gasteiger partial charge is 0.0112 e. The van der Waals surface area contributed by atoms with Crippen molar-refractivity contribution in [2.24, 2.45) is 5.92 Å². The van der Waals surface area contributed by atoms with Gasteiger partial charge in [-0.2, -0.15) is 0 Å². The number of hydrogen-bond donors (Lipinski definition) is 0. The van der Waals surface area contributed by atoms with Crippen molar-refractivity contribution in [2.45, 2.75) is 46.1 Å². The minimum Gasteiger partial charge on any atom is -0.305 e. The topological polar surface area (TPSA) is 6.48 Å². The van der Waals surface area contributed by atoms with Crippen LogP contribution >= 0.6 is 0 Å². The van der Waals surface area contributed by atoms with Gasteiger partial charge in [0.2, 0.25) is 0 Å². The zero-order valence-electron chi connectivity index (χ0n) is 11.0. The molecule has 0 aromatic rings. The van der Waals surface area contributed by atoms with Crippen LogP contribution < -0.4 is 0 Å². The van der Waals surface area contributed by atoms with Crippen molar-refractivity contribution in [3.05, 3.63) is 0 Å². The second kappa shape index (κ2) is 6.49. The van der Waals surface area contributed by atoms with Gasteiger partial charge in [-0.3, -0.25) is 4.90 Å². The Morgan fingerprint density at radius 3 is 2.47 bits per heavy atom. The van der Waals surface area contributed by atoms with Crippen molar-refractivity contribution < 1.29 is 0 Å². The molecule has 2 atom stereocenters. The van der Waals surface area contributed by atoms with Crippen LogP contribution in [0.4, 0.5) is 0 Å². The van der Waals surface area contributed by atoms with Gasteiger partial charge in [0.15, 0.2) is 0 Å². The molecule has 0 amide bonds. The van der Waals surface area contributed by atoms with Crippen molar-refractivity contribution >= 4 is 0 Å². The average Bonchev–Trinajstić information content (AvgIpc) is 2.42. The monoisotopic (exact) mass is 212 g/mol. The Morgan fingerprint density at radius 1 is 1.07 bits per heavy atom. The number of likely N-dealkylation sites (N-methyl/N-ethyl adjacent to an activating group) is 1. The molecule has 2 unspecified atom stereocenters. The molecule has 1 aliphatic heterocycles. The lowest BCUT2D eigenvalue weighted by Crippen LogP contribution is -2.39. The summed E-state index contributed by atoms with van der Waals surface area (Å²) in [5.41, 5.74) is 0. The summed E-state index contributed by atoms with van der Waals surface area (Å²) in [5, 5.41) is 0. The molecule has 0 bridgehead atoms. The van der Waals surface area contributed by atoms with Crippen LogP contribution in [0.15, 0.2) is 0 Å². The van der Waals surface area contributed by atoms with Crippen molar-refractivity contribution in [3.8, 4) is 0 Å². The Hall–Kier alpha value is -0.0800. The molecular weight excluding hydrogens is 184 g/mol. The molecule has 0 N–H and O–H groups in total. The normalized spacial score (nSPS) is 24.8. The molecule has 0 spiro atoms. The van der Waals surface area contributed by atoms with Gasteiger partial charge in [0.05, 0.1) is 0 Å². The Balaban J connectivity index is 2.40. The maximum atomic E-state index is 2.68. The van der Waals surface area contributed by atoms with E-state index in [9.17, 15) is 0 Å². The van der Waals surface area contributed by atoms with Gasteiger partial charge in [-0.25, -0.2) is 0 Å². The molecule has 2 heteroatoms. The van der Waals surface area contributed by atoms with Gasteiger partial charge >= 0.3 is 0 Å². The summed E-state index contributed by atoms with van der Waals surface area (Å²) in [7, 11) is 2.24. The van der Waals surface area contributed by atoms with E-state index in [0.29, 0.717) is 0 Å². The molecule has 1 rings (SSSR count). The van der Waals surface area contributed by atoms with Crippen molar-refractivity contribution in [3.63, 3.8) is 0 Å². The van der Waals surface area contributed by atoms with E-state index >= 15 is 0 Å². The molecule has 1 heterocycles. The third-order valence-corrected chi connectivity index (χ3v) is 3.90. The lowest BCUT2D eigenvalue weighted by molar-refractivity contribution is 0.161. The predicted molar refractivity (Wildman–Crippen MR) is 67.2 cm³/mol. The molecule has 2 nitrogen and oxygen atoms in total. The molecule has 0 aliphatic carbocycles. The van der Waals surface area contributed by atoms with Gasteiger partial charge in [-0.1, -0.05) is 20.3 Å². The minimum absolute atomic E-state index is 0.761.